The molecule has 10 heteroatoms. The van der Waals surface area contributed by atoms with Crippen LogP contribution in [0.2, 0.25) is 0 Å². The third-order valence-corrected chi connectivity index (χ3v) is 6.59. The van der Waals surface area contributed by atoms with Gasteiger partial charge in [-0.2, -0.15) is 13.2 Å². The zero-order chi connectivity index (χ0) is 24.3. The fraction of sp³-hybridized carbons (Fsp3) is 0.280. The van der Waals surface area contributed by atoms with Crippen molar-refractivity contribution in [3.8, 4) is 17.2 Å². The number of anilines is 1. The maximum Gasteiger partial charge on any atom is 0.433 e. The van der Waals surface area contributed by atoms with Gasteiger partial charge >= 0.3 is 6.18 Å². The summed E-state index contributed by atoms with van der Waals surface area (Å²) in [5.41, 5.74) is 0.643. The van der Waals surface area contributed by atoms with E-state index in [9.17, 15) is 22.8 Å². The molecule has 1 amide bonds. The Kier molecular flexibility index (Phi) is 4.80. The lowest BCUT2D eigenvalue weighted by atomic mass is 10.0. The van der Waals surface area contributed by atoms with E-state index in [0.717, 1.165) is 23.4 Å². The number of benzene rings is 1. The minimum absolute atomic E-state index is 0.0100. The molecule has 35 heavy (non-hydrogen) atoms. The quantitative estimate of drug-likeness (QED) is 0.521. The number of hydrogen-bond donors (Lipinski definition) is 1. The van der Waals surface area contributed by atoms with Crippen LogP contribution in [0.1, 0.15) is 45.9 Å². The Hall–Kier alpha value is -3.95. The molecule has 0 radical (unpaired) electrons. The third kappa shape index (κ3) is 3.88. The Labute approximate surface area is 197 Å². The van der Waals surface area contributed by atoms with E-state index in [0.29, 0.717) is 35.9 Å². The molecule has 4 heterocycles. The highest BCUT2D eigenvalue weighted by molar-refractivity contribution is 5.96. The van der Waals surface area contributed by atoms with E-state index in [4.69, 9.17) is 9.47 Å². The van der Waals surface area contributed by atoms with Crippen molar-refractivity contribution in [2.75, 3.05) is 5.32 Å². The number of amides is 1. The van der Waals surface area contributed by atoms with Crippen LogP contribution in [0, 0.1) is 5.92 Å². The van der Waals surface area contributed by atoms with Gasteiger partial charge in [-0.1, -0.05) is 0 Å². The average Bonchev–Trinajstić information content (AvgIpc) is 3.35. The molecule has 1 N–H and O–H groups in total. The number of pyridine rings is 2. The summed E-state index contributed by atoms with van der Waals surface area (Å²) in [6.45, 7) is 0. The largest absolute Gasteiger partial charge is 0.489 e. The molecular formula is C25H18F3N3O4. The molecule has 7 nitrogen and oxygen atoms in total. The molecule has 2 aliphatic heterocycles. The first-order valence-corrected chi connectivity index (χ1v) is 11.1. The highest BCUT2D eigenvalue weighted by atomic mass is 19.4. The van der Waals surface area contributed by atoms with Gasteiger partial charge in [0, 0.05) is 53.8 Å². The summed E-state index contributed by atoms with van der Waals surface area (Å²) in [5.74, 6) is 1.80. The summed E-state index contributed by atoms with van der Waals surface area (Å²) in [4.78, 5) is 31.8. The lowest BCUT2D eigenvalue weighted by Crippen LogP contribution is -2.20. The first-order chi connectivity index (χ1) is 16.8. The number of ether oxygens (including phenoxy) is 2. The fourth-order valence-corrected chi connectivity index (χ4v) is 4.83. The predicted molar refractivity (Wildman–Crippen MR) is 117 cm³/mol. The zero-order valence-electron chi connectivity index (χ0n) is 18.1. The second-order valence-electron chi connectivity index (χ2n) is 8.81. The molecule has 0 saturated heterocycles. The second kappa shape index (κ2) is 7.79. The van der Waals surface area contributed by atoms with Crippen molar-refractivity contribution in [3.05, 3.63) is 71.2 Å². The van der Waals surface area contributed by atoms with Gasteiger partial charge in [-0.3, -0.25) is 14.6 Å². The van der Waals surface area contributed by atoms with Crippen molar-refractivity contribution >= 4 is 17.5 Å². The molecule has 1 aliphatic carbocycles. The minimum atomic E-state index is -4.61. The van der Waals surface area contributed by atoms with Crippen molar-refractivity contribution < 1.29 is 32.2 Å². The maximum absolute atomic E-state index is 12.9. The molecule has 3 atom stereocenters. The molecule has 0 spiro atoms. The Morgan fingerprint density at radius 2 is 1.94 bits per heavy atom. The van der Waals surface area contributed by atoms with Crippen molar-refractivity contribution in [2.45, 2.75) is 37.5 Å². The molecule has 1 aromatic carbocycles. The van der Waals surface area contributed by atoms with E-state index in [-0.39, 0.29) is 41.6 Å². The van der Waals surface area contributed by atoms with Crippen molar-refractivity contribution in [3.63, 3.8) is 0 Å². The Morgan fingerprint density at radius 3 is 2.77 bits per heavy atom. The van der Waals surface area contributed by atoms with E-state index < -0.39 is 11.9 Å². The molecule has 2 aromatic heterocycles. The molecule has 3 aliphatic rings. The molecule has 178 valence electrons. The van der Waals surface area contributed by atoms with Gasteiger partial charge in [-0.25, -0.2) is 4.98 Å². The van der Waals surface area contributed by atoms with Crippen molar-refractivity contribution in [2.24, 2.45) is 5.92 Å². The second-order valence-corrected chi connectivity index (χ2v) is 8.81. The summed E-state index contributed by atoms with van der Waals surface area (Å²) in [5, 5.41) is 2.74. The van der Waals surface area contributed by atoms with Crippen LogP contribution < -0.4 is 14.8 Å². The van der Waals surface area contributed by atoms with Crippen LogP contribution in [-0.2, 0) is 17.4 Å². The summed E-state index contributed by atoms with van der Waals surface area (Å²) >= 11 is 0. The number of carbonyl (C=O) groups is 2. The van der Waals surface area contributed by atoms with Gasteiger partial charge in [0.15, 0.2) is 5.78 Å². The average molecular weight is 481 g/mol. The summed E-state index contributed by atoms with van der Waals surface area (Å²) in [6, 6.07) is 9.29. The number of Topliss-reactive ketones (excluding diaryl/α,β-unsaturated/α-hetero) is 1. The smallest absolute Gasteiger partial charge is 0.433 e. The molecule has 3 aromatic rings. The van der Waals surface area contributed by atoms with Gasteiger partial charge in [0.05, 0.1) is 0 Å². The molecule has 1 saturated carbocycles. The van der Waals surface area contributed by atoms with E-state index in [1.54, 1.807) is 18.3 Å². The normalized spacial score (nSPS) is 21.8. The Bertz CT molecular complexity index is 1370. The van der Waals surface area contributed by atoms with Crippen LogP contribution in [-0.4, -0.2) is 27.8 Å². The topological polar surface area (TPSA) is 90.4 Å². The highest BCUT2D eigenvalue weighted by Gasteiger charge is 2.59. The van der Waals surface area contributed by atoms with Gasteiger partial charge in [0.2, 0.25) is 5.91 Å². The summed E-state index contributed by atoms with van der Waals surface area (Å²) in [7, 11) is 0. The zero-order valence-corrected chi connectivity index (χ0v) is 18.1. The number of carbonyl (C=O) groups excluding carboxylic acids is 2. The Morgan fingerprint density at radius 1 is 1.11 bits per heavy atom. The lowest BCUT2D eigenvalue weighted by molar-refractivity contribution is -0.141. The molecule has 1 fully saturated rings. The minimum Gasteiger partial charge on any atom is -0.489 e. The van der Waals surface area contributed by atoms with E-state index in [2.05, 4.69) is 15.3 Å². The number of halogens is 3. The number of fused-ring (bicyclic) bond motifs is 4. The van der Waals surface area contributed by atoms with Crippen LogP contribution in [0.3, 0.4) is 0 Å². The van der Waals surface area contributed by atoms with E-state index in [1.807, 2.05) is 12.1 Å². The van der Waals surface area contributed by atoms with Crippen LogP contribution in [0.25, 0.3) is 0 Å². The first kappa shape index (κ1) is 21.6. The molecule has 0 unspecified atom stereocenters. The van der Waals surface area contributed by atoms with Gasteiger partial charge in [-0.15, -0.1) is 0 Å². The monoisotopic (exact) mass is 481 g/mol. The number of ketones is 1. The SMILES string of the molecule is O=C1CCc2c(Oc3ccc4c(c3)[C@H]3[C@H](CC(=O)c5ccnc(C(F)(F)F)c5)[C@H]3O4)ccnc2N1. The highest BCUT2D eigenvalue weighted by Crippen LogP contribution is 2.60. The number of nitrogens with one attached hydrogen (secondary N) is 1. The van der Waals surface area contributed by atoms with Gasteiger partial charge in [0.1, 0.15) is 34.9 Å². The number of alkyl halides is 3. The number of nitrogens with zero attached hydrogens (tertiary/aromatic N) is 2. The van der Waals surface area contributed by atoms with Crippen molar-refractivity contribution in [1.29, 1.82) is 0 Å². The number of aromatic nitrogens is 2. The molecular weight excluding hydrogens is 463 g/mol. The van der Waals surface area contributed by atoms with E-state index >= 15 is 0 Å². The summed E-state index contributed by atoms with van der Waals surface area (Å²) < 4.78 is 50.9. The van der Waals surface area contributed by atoms with E-state index in [1.165, 1.54) is 6.07 Å². The summed E-state index contributed by atoms with van der Waals surface area (Å²) in [6.07, 6.45) is -1.26. The number of rotatable bonds is 5. The van der Waals surface area contributed by atoms with Gasteiger partial charge < -0.3 is 14.8 Å². The predicted octanol–water partition coefficient (Wildman–Crippen LogP) is 4.92. The van der Waals surface area contributed by atoms with Crippen LogP contribution in [0.15, 0.2) is 48.8 Å². The standard InChI is InChI=1S/C25H18F3N3O4/c26-25(27,28)20-9-12(5-7-29-20)17(32)11-16-22-15-10-13(1-3-18(15)35-23(16)22)34-19-6-8-30-24-14(19)2-4-21(33)31-24/h1,3,5-10,16,22-23H,2,4,11H2,(H,30,31,33)/t16-,22-,23+/m0/s1. The van der Waals surface area contributed by atoms with Gasteiger partial charge in [-0.05, 0) is 42.8 Å². The molecule has 0 bridgehead atoms. The number of hydrogen-bond acceptors (Lipinski definition) is 6. The van der Waals surface area contributed by atoms with Gasteiger partial charge in [0.25, 0.3) is 0 Å². The maximum atomic E-state index is 12.9. The van der Waals surface area contributed by atoms with Crippen LogP contribution in [0.4, 0.5) is 19.0 Å². The lowest BCUT2D eigenvalue weighted by Gasteiger charge is -2.19. The third-order valence-electron chi connectivity index (χ3n) is 6.59. The first-order valence-electron chi connectivity index (χ1n) is 11.1. The Balaban J connectivity index is 1.18. The van der Waals surface area contributed by atoms with Crippen LogP contribution >= 0.6 is 0 Å². The molecule has 6 rings (SSSR count). The van der Waals surface area contributed by atoms with Crippen LogP contribution in [0.5, 0.6) is 17.2 Å². The van der Waals surface area contributed by atoms with Crippen molar-refractivity contribution in [1.82, 2.24) is 9.97 Å². The fourth-order valence-electron chi connectivity index (χ4n) is 4.83.